The molecule has 1 atom stereocenters. The Balaban J connectivity index is 1.70. The van der Waals surface area contributed by atoms with Crippen molar-refractivity contribution in [3.05, 3.63) is 67.0 Å². The van der Waals surface area contributed by atoms with Crippen LogP contribution in [-0.4, -0.2) is 46.5 Å². The van der Waals surface area contributed by atoms with E-state index in [9.17, 15) is 8.42 Å². The first-order chi connectivity index (χ1) is 13.8. The summed E-state index contributed by atoms with van der Waals surface area (Å²) < 4.78 is 25.7. The smallest absolute Gasteiger partial charge is 0.175 e. The molecule has 1 unspecified atom stereocenters. The molecule has 148 valence electrons. The van der Waals surface area contributed by atoms with E-state index < -0.39 is 9.84 Å². The summed E-state index contributed by atoms with van der Waals surface area (Å²) in [7, 11) is -1.39. The summed E-state index contributed by atoms with van der Waals surface area (Å²) in [6.45, 7) is 2.07. The lowest BCUT2D eigenvalue weighted by molar-refractivity contribution is 0.602. The van der Waals surface area contributed by atoms with Gasteiger partial charge >= 0.3 is 0 Å². The molecule has 0 amide bonds. The summed E-state index contributed by atoms with van der Waals surface area (Å²) in [5.74, 6) is 0.674. The van der Waals surface area contributed by atoms with Crippen LogP contribution in [0.25, 0.3) is 16.6 Å². The van der Waals surface area contributed by atoms with E-state index in [0.717, 1.165) is 11.3 Å². The molecule has 0 aliphatic carbocycles. The first-order valence-electron chi connectivity index (χ1n) is 8.97. The predicted octanol–water partition coefficient (Wildman–Crippen LogP) is 2.81. The molecule has 0 N–H and O–H groups in total. The molecule has 4 rings (SSSR count). The van der Waals surface area contributed by atoms with Gasteiger partial charge in [0.05, 0.1) is 22.1 Å². The zero-order valence-corrected chi connectivity index (χ0v) is 17.1. The number of rotatable bonds is 5. The Morgan fingerprint density at radius 2 is 1.79 bits per heavy atom. The summed E-state index contributed by atoms with van der Waals surface area (Å²) in [5, 5.41) is 4.83. The van der Waals surface area contributed by atoms with Gasteiger partial charge in [0.15, 0.2) is 9.84 Å². The second kappa shape index (κ2) is 7.25. The van der Waals surface area contributed by atoms with Gasteiger partial charge in [-0.2, -0.15) is 5.10 Å². The molecular formula is C20H20N6O2S. The van der Waals surface area contributed by atoms with Gasteiger partial charge in [0.2, 0.25) is 0 Å². The number of fused-ring (bicyclic) bond motifs is 1. The van der Waals surface area contributed by atoms with Crippen molar-refractivity contribution in [2.24, 2.45) is 0 Å². The van der Waals surface area contributed by atoms with Crippen LogP contribution in [0.3, 0.4) is 0 Å². The maximum atomic E-state index is 12.0. The van der Waals surface area contributed by atoms with E-state index in [0.29, 0.717) is 16.7 Å². The van der Waals surface area contributed by atoms with Gasteiger partial charge in [-0.25, -0.2) is 28.1 Å². The molecular weight excluding hydrogens is 388 g/mol. The van der Waals surface area contributed by atoms with Gasteiger partial charge in [0.25, 0.3) is 0 Å². The maximum absolute atomic E-state index is 12.0. The number of benzene rings is 2. The van der Waals surface area contributed by atoms with Gasteiger partial charge in [-0.3, -0.25) is 0 Å². The fourth-order valence-electron chi connectivity index (χ4n) is 3.19. The van der Waals surface area contributed by atoms with Crippen LogP contribution in [-0.2, 0) is 9.84 Å². The highest BCUT2D eigenvalue weighted by Crippen LogP contribution is 2.30. The largest absolute Gasteiger partial charge is 0.352 e. The quantitative estimate of drug-likeness (QED) is 0.501. The molecule has 9 heteroatoms. The van der Waals surface area contributed by atoms with Crippen LogP contribution >= 0.6 is 0 Å². The molecule has 0 bridgehead atoms. The van der Waals surface area contributed by atoms with E-state index in [4.69, 9.17) is 0 Å². The van der Waals surface area contributed by atoms with Crippen LogP contribution in [0, 0.1) is 0 Å². The summed E-state index contributed by atoms with van der Waals surface area (Å²) in [6.07, 6.45) is 5.84. The monoisotopic (exact) mass is 408 g/mol. The van der Waals surface area contributed by atoms with Gasteiger partial charge in [-0.15, -0.1) is 0 Å². The molecule has 0 fully saturated rings. The van der Waals surface area contributed by atoms with Crippen LogP contribution in [0.5, 0.6) is 0 Å². The van der Waals surface area contributed by atoms with E-state index in [1.54, 1.807) is 29.2 Å². The number of hydrogen-bond acceptors (Lipinski definition) is 7. The third-order valence-electron chi connectivity index (χ3n) is 4.99. The zero-order chi connectivity index (χ0) is 20.6. The number of sulfone groups is 1. The lowest BCUT2D eigenvalue weighted by Gasteiger charge is -2.27. The molecule has 0 aliphatic rings. The van der Waals surface area contributed by atoms with Crippen molar-refractivity contribution in [1.29, 1.82) is 0 Å². The Kier molecular flexibility index (Phi) is 4.75. The molecule has 2 aromatic carbocycles. The molecule has 29 heavy (non-hydrogen) atoms. The highest BCUT2D eigenvalue weighted by atomic mass is 32.2. The van der Waals surface area contributed by atoms with Crippen LogP contribution in [0.1, 0.15) is 18.5 Å². The van der Waals surface area contributed by atoms with Crippen molar-refractivity contribution >= 4 is 26.6 Å². The first-order valence-corrected chi connectivity index (χ1v) is 10.9. The molecule has 2 heterocycles. The van der Waals surface area contributed by atoms with Crippen molar-refractivity contribution in [2.45, 2.75) is 17.9 Å². The molecule has 0 aliphatic heterocycles. The Morgan fingerprint density at radius 3 is 2.45 bits per heavy atom. The normalized spacial score (nSPS) is 12.8. The minimum absolute atomic E-state index is 0.000198. The molecule has 0 radical (unpaired) electrons. The number of hydrogen-bond donors (Lipinski definition) is 0. The van der Waals surface area contributed by atoms with Crippen molar-refractivity contribution in [3.63, 3.8) is 0 Å². The van der Waals surface area contributed by atoms with E-state index in [2.05, 4.69) is 27.0 Å². The van der Waals surface area contributed by atoms with Gasteiger partial charge in [0, 0.05) is 18.7 Å². The maximum Gasteiger partial charge on any atom is 0.175 e. The van der Waals surface area contributed by atoms with Crippen LogP contribution in [0.2, 0.25) is 0 Å². The third kappa shape index (κ3) is 3.68. The first kappa shape index (κ1) is 19.0. The van der Waals surface area contributed by atoms with Gasteiger partial charge in [0.1, 0.15) is 24.8 Å². The molecule has 8 nitrogen and oxygen atoms in total. The fraction of sp³-hybridized carbons (Fsp3) is 0.200. The SMILES string of the molecule is CC(c1ccc(-n2cncn2)cc1)N(C)c1ncnc2ccc(S(C)(=O)=O)cc12. The van der Waals surface area contributed by atoms with E-state index in [-0.39, 0.29) is 10.9 Å². The Morgan fingerprint density at radius 1 is 1.03 bits per heavy atom. The Labute approximate surface area is 168 Å². The molecule has 2 aromatic heterocycles. The van der Waals surface area contributed by atoms with Crippen LogP contribution < -0.4 is 4.90 Å². The summed E-state index contributed by atoms with van der Waals surface area (Å²) >= 11 is 0. The van der Waals surface area contributed by atoms with E-state index in [1.165, 1.54) is 18.9 Å². The van der Waals surface area contributed by atoms with Crippen LogP contribution in [0.15, 0.2) is 66.3 Å². The van der Waals surface area contributed by atoms with E-state index >= 15 is 0 Å². The summed E-state index contributed by atoms with van der Waals surface area (Å²) in [6, 6.07) is 12.9. The summed E-state index contributed by atoms with van der Waals surface area (Å²) in [4.78, 5) is 14.9. The number of nitrogens with zero attached hydrogens (tertiary/aromatic N) is 6. The highest BCUT2D eigenvalue weighted by molar-refractivity contribution is 7.90. The standard InChI is InChI=1S/C20H20N6O2S/c1-14(15-4-6-16(7-5-15)26-13-21-11-24-26)25(2)20-18-10-17(29(3,27)28)8-9-19(18)22-12-23-20/h4-14H,1-3H3. The molecule has 0 spiro atoms. The lowest BCUT2D eigenvalue weighted by Crippen LogP contribution is -2.23. The molecule has 4 aromatic rings. The minimum Gasteiger partial charge on any atom is -0.352 e. The van der Waals surface area contributed by atoms with Crippen molar-refractivity contribution in [3.8, 4) is 5.69 Å². The average molecular weight is 408 g/mol. The molecule has 0 saturated carbocycles. The van der Waals surface area contributed by atoms with Gasteiger partial charge in [-0.05, 0) is 42.8 Å². The van der Waals surface area contributed by atoms with Crippen LogP contribution in [0.4, 0.5) is 5.82 Å². The third-order valence-corrected chi connectivity index (χ3v) is 6.10. The lowest BCUT2D eigenvalue weighted by atomic mass is 10.1. The number of aromatic nitrogens is 5. The summed E-state index contributed by atoms with van der Waals surface area (Å²) in [5.41, 5.74) is 2.71. The van der Waals surface area contributed by atoms with Gasteiger partial charge in [-0.1, -0.05) is 12.1 Å². The van der Waals surface area contributed by atoms with Crippen molar-refractivity contribution in [1.82, 2.24) is 24.7 Å². The van der Waals surface area contributed by atoms with Crippen molar-refractivity contribution in [2.75, 3.05) is 18.2 Å². The molecule has 0 saturated heterocycles. The zero-order valence-electron chi connectivity index (χ0n) is 16.3. The fourth-order valence-corrected chi connectivity index (χ4v) is 3.84. The predicted molar refractivity (Wildman–Crippen MR) is 111 cm³/mol. The van der Waals surface area contributed by atoms with Crippen molar-refractivity contribution < 1.29 is 8.42 Å². The Bertz CT molecular complexity index is 1250. The second-order valence-corrected chi connectivity index (χ2v) is 8.88. The van der Waals surface area contributed by atoms with E-state index in [1.807, 2.05) is 36.2 Å². The minimum atomic E-state index is -3.32. The highest BCUT2D eigenvalue weighted by Gasteiger charge is 2.18. The topological polar surface area (TPSA) is 93.9 Å². The van der Waals surface area contributed by atoms with Gasteiger partial charge < -0.3 is 4.90 Å². The number of anilines is 1. The Hall–Kier alpha value is -3.33. The average Bonchev–Trinajstić information content (AvgIpc) is 3.26. The second-order valence-electron chi connectivity index (χ2n) is 6.87.